The molecule has 0 saturated carbocycles. The Morgan fingerprint density at radius 3 is 2.57 bits per heavy atom. The van der Waals surface area contributed by atoms with Gasteiger partial charge in [-0.1, -0.05) is 48.5 Å². The fourth-order valence-electron chi connectivity index (χ4n) is 2.34. The number of benzene rings is 2. The van der Waals surface area contributed by atoms with Crippen LogP contribution in [-0.2, 0) is 0 Å². The molecular weight excluding hydrogens is 286 g/mol. The zero-order valence-electron chi connectivity index (χ0n) is 13.1. The van der Waals surface area contributed by atoms with Gasteiger partial charge in [-0.2, -0.15) is 0 Å². The molecule has 4 nitrogen and oxygen atoms in total. The Hall–Kier alpha value is -2.88. The van der Waals surface area contributed by atoms with Crippen molar-refractivity contribution in [2.75, 3.05) is 18.5 Å². The quantitative estimate of drug-likeness (QED) is 0.701. The topological polar surface area (TPSA) is 47.0 Å². The molecule has 1 aromatic heterocycles. The second-order valence-corrected chi connectivity index (χ2v) is 5.18. The SMILES string of the molecule is Cc1cncc(NCCOc2ccccc2-c2ccccc2)n1. The van der Waals surface area contributed by atoms with Gasteiger partial charge in [0.15, 0.2) is 0 Å². The summed E-state index contributed by atoms with van der Waals surface area (Å²) < 4.78 is 5.93. The van der Waals surface area contributed by atoms with Gasteiger partial charge in [0, 0.05) is 11.8 Å². The van der Waals surface area contributed by atoms with Crippen LogP contribution < -0.4 is 10.1 Å². The molecule has 0 spiro atoms. The lowest BCUT2D eigenvalue weighted by atomic mass is 10.1. The predicted molar refractivity (Wildman–Crippen MR) is 92.6 cm³/mol. The van der Waals surface area contributed by atoms with E-state index < -0.39 is 0 Å². The van der Waals surface area contributed by atoms with Crippen LogP contribution >= 0.6 is 0 Å². The highest BCUT2D eigenvalue weighted by molar-refractivity contribution is 5.70. The summed E-state index contributed by atoms with van der Waals surface area (Å²) in [5.74, 6) is 1.65. The molecule has 3 rings (SSSR count). The maximum absolute atomic E-state index is 5.93. The molecule has 1 heterocycles. The fourth-order valence-corrected chi connectivity index (χ4v) is 2.34. The number of aryl methyl sites for hydroxylation is 1. The summed E-state index contributed by atoms with van der Waals surface area (Å²) in [5, 5.41) is 3.22. The number of para-hydroxylation sites is 1. The van der Waals surface area contributed by atoms with E-state index in [0.29, 0.717) is 13.2 Å². The van der Waals surface area contributed by atoms with Crippen molar-refractivity contribution in [3.63, 3.8) is 0 Å². The first-order valence-corrected chi connectivity index (χ1v) is 7.63. The van der Waals surface area contributed by atoms with Gasteiger partial charge in [0.05, 0.1) is 18.4 Å². The number of aromatic nitrogens is 2. The zero-order chi connectivity index (χ0) is 15.9. The Kier molecular flexibility index (Phi) is 4.84. The van der Waals surface area contributed by atoms with E-state index in [9.17, 15) is 0 Å². The van der Waals surface area contributed by atoms with Crippen molar-refractivity contribution >= 4 is 5.82 Å². The van der Waals surface area contributed by atoms with Crippen LogP contribution in [0.15, 0.2) is 67.0 Å². The first-order valence-electron chi connectivity index (χ1n) is 7.63. The van der Waals surface area contributed by atoms with Gasteiger partial charge in [-0.05, 0) is 18.6 Å². The van der Waals surface area contributed by atoms with E-state index in [-0.39, 0.29) is 0 Å². The summed E-state index contributed by atoms with van der Waals surface area (Å²) in [7, 11) is 0. The molecule has 1 N–H and O–H groups in total. The largest absolute Gasteiger partial charge is 0.491 e. The number of rotatable bonds is 6. The second kappa shape index (κ2) is 7.40. The Bertz CT molecular complexity index is 759. The third-order valence-corrected chi connectivity index (χ3v) is 3.39. The molecule has 0 aliphatic rings. The van der Waals surface area contributed by atoms with Crippen LogP contribution in [0.5, 0.6) is 5.75 Å². The van der Waals surface area contributed by atoms with E-state index in [1.807, 2.05) is 43.3 Å². The Morgan fingerprint density at radius 1 is 0.957 bits per heavy atom. The van der Waals surface area contributed by atoms with E-state index in [1.54, 1.807) is 12.4 Å². The molecule has 116 valence electrons. The van der Waals surface area contributed by atoms with Crippen LogP contribution in [0.25, 0.3) is 11.1 Å². The summed E-state index contributed by atoms with van der Waals surface area (Å²) in [5.41, 5.74) is 3.15. The van der Waals surface area contributed by atoms with Crippen molar-refractivity contribution in [2.24, 2.45) is 0 Å². The molecule has 0 bridgehead atoms. The monoisotopic (exact) mass is 305 g/mol. The maximum atomic E-state index is 5.93. The zero-order valence-corrected chi connectivity index (χ0v) is 13.1. The van der Waals surface area contributed by atoms with Gasteiger partial charge < -0.3 is 10.1 Å². The molecule has 0 radical (unpaired) electrons. The van der Waals surface area contributed by atoms with E-state index >= 15 is 0 Å². The minimum absolute atomic E-state index is 0.555. The van der Waals surface area contributed by atoms with E-state index in [0.717, 1.165) is 28.4 Å². The van der Waals surface area contributed by atoms with Crippen LogP contribution in [-0.4, -0.2) is 23.1 Å². The van der Waals surface area contributed by atoms with Crippen LogP contribution in [0.1, 0.15) is 5.69 Å². The van der Waals surface area contributed by atoms with Crippen molar-refractivity contribution in [1.29, 1.82) is 0 Å². The predicted octanol–water partition coefficient (Wildman–Crippen LogP) is 3.94. The van der Waals surface area contributed by atoms with Gasteiger partial charge in [0.2, 0.25) is 0 Å². The average molecular weight is 305 g/mol. The molecule has 4 heteroatoms. The smallest absolute Gasteiger partial charge is 0.144 e. The lowest BCUT2D eigenvalue weighted by Crippen LogP contribution is -2.13. The Morgan fingerprint density at radius 2 is 1.74 bits per heavy atom. The highest BCUT2D eigenvalue weighted by Crippen LogP contribution is 2.29. The molecule has 0 amide bonds. The molecule has 0 unspecified atom stereocenters. The van der Waals surface area contributed by atoms with Gasteiger partial charge in [-0.25, -0.2) is 4.98 Å². The summed E-state index contributed by atoms with van der Waals surface area (Å²) in [6.07, 6.45) is 3.45. The first kappa shape index (κ1) is 15.0. The van der Waals surface area contributed by atoms with Gasteiger partial charge in [0.25, 0.3) is 0 Å². The van der Waals surface area contributed by atoms with Crippen molar-refractivity contribution in [3.8, 4) is 16.9 Å². The molecule has 0 atom stereocenters. The molecule has 3 aromatic rings. The summed E-state index contributed by atoms with van der Waals surface area (Å²) >= 11 is 0. The molecule has 0 aliphatic heterocycles. The summed E-state index contributed by atoms with van der Waals surface area (Å²) in [4.78, 5) is 8.46. The van der Waals surface area contributed by atoms with Gasteiger partial charge in [-0.15, -0.1) is 0 Å². The van der Waals surface area contributed by atoms with Crippen molar-refractivity contribution in [2.45, 2.75) is 6.92 Å². The Balaban J connectivity index is 1.61. The molecule has 0 fully saturated rings. The third-order valence-electron chi connectivity index (χ3n) is 3.39. The lowest BCUT2D eigenvalue weighted by molar-refractivity contribution is 0.334. The molecule has 23 heavy (non-hydrogen) atoms. The number of hydrogen-bond donors (Lipinski definition) is 1. The first-order chi connectivity index (χ1) is 11.3. The highest BCUT2D eigenvalue weighted by atomic mass is 16.5. The summed E-state index contributed by atoms with van der Waals surface area (Å²) in [6, 6.07) is 18.3. The van der Waals surface area contributed by atoms with Gasteiger partial charge in [-0.3, -0.25) is 4.98 Å². The van der Waals surface area contributed by atoms with E-state index in [4.69, 9.17) is 4.74 Å². The van der Waals surface area contributed by atoms with Crippen LogP contribution in [0, 0.1) is 6.92 Å². The lowest BCUT2D eigenvalue weighted by Gasteiger charge is -2.12. The molecule has 0 saturated heterocycles. The average Bonchev–Trinajstić information content (AvgIpc) is 2.60. The molecular formula is C19H19N3O. The van der Waals surface area contributed by atoms with Crippen molar-refractivity contribution < 1.29 is 4.74 Å². The van der Waals surface area contributed by atoms with Crippen LogP contribution in [0.2, 0.25) is 0 Å². The van der Waals surface area contributed by atoms with Crippen LogP contribution in [0.3, 0.4) is 0 Å². The maximum Gasteiger partial charge on any atom is 0.144 e. The minimum Gasteiger partial charge on any atom is -0.491 e. The molecule has 2 aromatic carbocycles. The number of hydrogen-bond acceptors (Lipinski definition) is 4. The van der Waals surface area contributed by atoms with Crippen LogP contribution in [0.4, 0.5) is 5.82 Å². The second-order valence-electron chi connectivity index (χ2n) is 5.18. The van der Waals surface area contributed by atoms with Gasteiger partial charge >= 0.3 is 0 Å². The standard InChI is InChI=1S/C19H19N3O/c1-15-13-20-14-19(22-15)21-11-12-23-18-10-6-5-9-17(18)16-7-3-2-4-8-16/h2-10,13-14H,11-12H2,1H3,(H,21,22). The summed E-state index contributed by atoms with van der Waals surface area (Å²) in [6.45, 7) is 3.14. The van der Waals surface area contributed by atoms with Crippen molar-refractivity contribution in [1.82, 2.24) is 9.97 Å². The number of ether oxygens (including phenoxy) is 1. The number of nitrogens with zero attached hydrogens (tertiary/aromatic N) is 2. The van der Waals surface area contributed by atoms with Crippen molar-refractivity contribution in [3.05, 3.63) is 72.7 Å². The normalized spacial score (nSPS) is 10.3. The van der Waals surface area contributed by atoms with E-state index in [1.165, 1.54) is 0 Å². The third kappa shape index (κ3) is 4.07. The molecule has 0 aliphatic carbocycles. The highest BCUT2D eigenvalue weighted by Gasteiger charge is 2.05. The van der Waals surface area contributed by atoms with Gasteiger partial charge in [0.1, 0.15) is 18.2 Å². The number of nitrogens with one attached hydrogen (secondary N) is 1. The van der Waals surface area contributed by atoms with E-state index in [2.05, 4.69) is 33.5 Å². The fraction of sp³-hybridized carbons (Fsp3) is 0.158. The number of anilines is 1. The minimum atomic E-state index is 0.555. The Labute approximate surface area is 136 Å².